The summed E-state index contributed by atoms with van der Waals surface area (Å²) in [6.45, 7) is 0.00354. The van der Waals surface area contributed by atoms with Gasteiger partial charge in [-0.15, -0.1) is 0 Å². The molecule has 0 unspecified atom stereocenters. The molecule has 1 saturated heterocycles. The first kappa shape index (κ1) is 21.4. The Kier molecular flexibility index (Phi) is 5.86. The number of carbonyl (C=O) groups is 3. The fraction of sp³-hybridized carbons (Fsp3) is 0.0435. The van der Waals surface area contributed by atoms with Gasteiger partial charge in [-0.1, -0.05) is 35.9 Å². The van der Waals surface area contributed by atoms with Crippen LogP contribution >= 0.6 is 23.4 Å². The third-order valence-electron chi connectivity index (χ3n) is 4.72. The van der Waals surface area contributed by atoms with Gasteiger partial charge in [0.15, 0.2) is 0 Å². The Labute approximate surface area is 191 Å². The summed E-state index contributed by atoms with van der Waals surface area (Å²) >= 11 is 6.80. The van der Waals surface area contributed by atoms with E-state index in [1.807, 2.05) is 0 Å². The van der Waals surface area contributed by atoms with Crippen molar-refractivity contribution in [3.05, 3.63) is 87.0 Å². The van der Waals surface area contributed by atoms with Crippen LogP contribution in [0.4, 0.5) is 4.79 Å². The molecule has 0 saturated carbocycles. The summed E-state index contributed by atoms with van der Waals surface area (Å²) in [5.74, 6) is -0.826. The first-order chi connectivity index (χ1) is 15.4. The van der Waals surface area contributed by atoms with Crippen LogP contribution in [0.15, 0.2) is 63.9 Å². The standard InChI is InChI=1S/C23H13ClN2O5S/c24-18-9-13(5-7-17(18)22(28)29)19-8-6-16(31-19)10-20-21(27)26(23(30)32-20)12-15-4-2-1-3-14(15)11-25/h1-10H,12H2,(H,28,29)/b20-10+. The van der Waals surface area contributed by atoms with Gasteiger partial charge in [-0.3, -0.25) is 14.5 Å². The maximum Gasteiger partial charge on any atom is 0.337 e. The average molecular weight is 465 g/mol. The number of carboxylic acids is 1. The minimum Gasteiger partial charge on any atom is -0.478 e. The van der Waals surface area contributed by atoms with Crippen molar-refractivity contribution in [2.45, 2.75) is 6.54 Å². The second-order valence-electron chi connectivity index (χ2n) is 6.74. The SMILES string of the molecule is N#Cc1ccccc1CN1C(=O)S/C(=C/c2ccc(-c3ccc(C(=O)O)c(Cl)c3)o2)C1=O. The average Bonchev–Trinajstić information content (AvgIpc) is 3.34. The topological polar surface area (TPSA) is 112 Å². The zero-order valence-corrected chi connectivity index (χ0v) is 17.8. The zero-order chi connectivity index (χ0) is 22.8. The molecule has 1 fully saturated rings. The lowest BCUT2D eigenvalue weighted by molar-refractivity contribution is -0.123. The molecule has 2 heterocycles. The summed E-state index contributed by atoms with van der Waals surface area (Å²) in [6, 6.07) is 16.6. The van der Waals surface area contributed by atoms with Gasteiger partial charge in [-0.2, -0.15) is 5.26 Å². The molecular formula is C23H13ClN2O5S. The molecular weight excluding hydrogens is 452 g/mol. The second-order valence-corrected chi connectivity index (χ2v) is 8.14. The highest BCUT2D eigenvalue weighted by atomic mass is 35.5. The predicted molar refractivity (Wildman–Crippen MR) is 119 cm³/mol. The van der Waals surface area contributed by atoms with E-state index in [0.29, 0.717) is 28.2 Å². The quantitative estimate of drug-likeness (QED) is 0.502. The molecule has 1 aliphatic heterocycles. The van der Waals surface area contributed by atoms with Crippen LogP contribution in [0, 0.1) is 11.3 Å². The van der Waals surface area contributed by atoms with Crippen LogP contribution in [0.3, 0.4) is 0 Å². The summed E-state index contributed by atoms with van der Waals surface area (Å²) in [5, 5.41) is 17.9. The summed E-state index contributed by atoms with van der Waals surface area (Å²) < 4.78 is 5.74. The number of carboxylic acid groups (broad SMARTS) is 1. The van der Waals surface area contributed by atoms with E-state index in [1.54, 1.807) is 42.5 Å². The molecule has 9 heteroatoms. The van der Waals surface area contributed by atoms with Gasteiger partial charge in [-0.05, 0) is 47.7 Å². The monoisotopic (exact) mass is 464 g/mol. The molecule has 0 spiro atoms. The van der Waals surface area contributed by atoms with Gasteiger partial charge in [0.2, 0.25) is 0 Å². The molecule has 4 rings (SSSR count). The van der Waals surface area contributed by atoms with Crippen LogP contribution in [0.2, 0.25) is 5.02 Å². The number of thioether (sulfide) groups is 1. The molecule has 32 heavy (non-hydrogen) atoms. The molecule has 0 atom stereocenters. The van der Waals surface area contributed by atoms with Crippen molar-refractivity contribution in [2.24, 2.45) is 0 Å². The van der Waals surface area contributed by atoms with E-state index in [1.165, 1.54) is 18.2 Å². The first-order valence-electron chi connectivity index (χ1n) is 9.24. The van der Waals surface area contributed by atoms with Crippen molar-refractivity contribution in [3.8, 4) is 17.4 Å². The van der Waals surface area contributed by atoms with E-state index in [2.05, 4.69) is 6.07 Å². The number of carbonyl (C=O) groups excluding carboxylic acids is 2. The summed E-state index contributed by atoms with van der Waals surface area (Å²) in [6.07, 6.45) is 1.47. The Hall–Kier alpha value is -3.80. The number of hydrogen-bond donors (Lipinski definition) is 1. The predicted octanol–water partition coefficient (Wildman–Crippen LogP) is 5.41. The number of nitriles is 1. The Morgan fingerprint density at radius 2 is 1.97 bits per heavy atom. The van der Waals surface area contributed by atoms with Crippen molar-refractivity contribution in [1.82, 2.24) is 4.90 Å². The van der Waals surface area contributed by atoms with E-state index < -0.39 is 17.1 Å². The molecule has 0 radical (unpaired) electrons. The van der Waals surface area contributed by atoms with Gasteiger partial charge >= 0.3 is 5.97 Å². The Bertz CT molecular complexity index is 1340. The lowest BCUT2D eigenvalue weighted by atomic mass is 10.1. The number of aromatic carboxylic acids is 1. The van der Waals surface area contributed by atoms with Crippen LogP contribution in [-0.4, -0.2) is 27.1 Å². The van der Waals surface area contributed by atoms with E-state index in [4.69, 9.17) is 21.1 Å². The minimum absolute atomic E-state index is 0.00354. The lowest BCUT2D eigenvalue weighted by Crippen LogP contribution is -2.27. The molecule has 7 nitrogen and oxygen atoms in total. The Morgan fingerprint density at radius 3 is 2.69 bits per heavy atom. The fourth-order valence-electron chi connectivity index (χ4n) is 3.13. The van der Waals surface area contributed by atoms with Crippen molar-refractivity contribution in [3.63, 3.8) is 0 Å². The number of benzene rings is 2. The van der Waals surface area contributed by atoms with Crippen molar-refractivity contribution < 1.29 is 23.9 Å². The van der Waals surface area contributed by atoms with Crippen molar-refractivity contribution in [1.29, 1.82) is 5.26 Å². The molecule has 1 N–H and O–H groups in total. The number of halogens is 1. The zero-order valence-electron chi connectivity index (χ0n) is 16.2. The highest BCUT2D eigenvalue weighted by molar-refractivity contribution is 8.18. The number of amides is 2. The van der Waals surface area contributed by atoms with Crippen LogP contribution in [0.1, 0.15) is 27.2 Å². The van der Waals surface area contributed by atoms with E-state index in [0.717, 1.165) is 16.7 Å². The molecule has 3 aromatic rings. The summed E-state index contributed by atoms with van der Waals surface area (Å²) in [7, 11) is 0. The normalized spacial score (nSPS) is 14.8. The van der Waals surface area contributed by atoms with Gasteiger partial charge in [0.25, 0.3) is 11.1 Å². The largest absolute Gasteiger partial charge is 0.478 e. The van der Waals surface area contributed by atoms with Crippen LogP contribution in [0.25, 0.3) is 17.4 Å². The molecule has 2 aromatic carbocycles. The molecule has 158 valence electrons. The highest BCUT2D eigenvalue weighted by Crippen LogP contribution is 2.35. The van der Waals surface area contributed by atoms with Crippen LogP contribution in [0.5, 0.6) is 0 Å². The third-order valence-corrected chi connectivity index (χ3v) is 5.94. The Balaban J connectivity index is 1.55. The molecule has 0 bridgehead atoms. The molecule has 0 aliphatic carbocycles. The van der Waals surface area contributed by atoms with Crippen LogP contribution in [-0.2, 0) is 11.3 Å². The fourth-order valence-corrected chi connectivity index (χ4v) is 4.21. The molecule has 1 aliphatic rings. The number of rotatable bonds is 5. The van der Waals surface area contributed by atoms with E-state index >= 15 is 0 Å². The maximum absolute atomic E-state index is 12.8. The van der Waals surface area contributed by atoms with Crippen molar-refractivity contribution >= 4 is 46.6 Å². The first-order valence-corrected chi connectivity index (χ1v) is 10.4. The summed E-state index contributed by atoms with van der Waals surface area (Å²) in [4.78, 5) is 37.5. The second kappa shape index (κ2) is 8.75. The number of furan rings is 1. The minimum atomic E-state index is -1.13. The third kappa shape index (κ3) is 4.17. The van der Waals surface area contributed by atoms with Gasteiger partial charge in [0.05, 0.1) is 33.7 Å². The number of imide groups is 1. The van der Waals surface area contributed by atoms with Crippen LogP contribution < -0.4 is 0 Å². The maximum atomic E-state index is 12.8. The number of nitrogens with zero attached hydrogens (tertiary/aromatic N) is 2. The summed E-state index contributed by atoms with van der Waals surface area (Å²) in [5.41, 5.74) is 1.54. The smallest absolute Gasteiger partial charge is 0.337 e. The molecule has 2 amide bonds. The highest BCUT2D eigenvalue weighted by Gasteiger charge is 2.35. The van der Waals surface area contributed by atoms with Gasteiger partial charge in [0.1, 0.15) is 11.5 Å². The lowest BCUT2D eigenvalue weighted by Gasteiger charge is -2.13. The van der Waals surface area contributed by atoms with E-state index in [-0.39, 0.29) is 22.0 Å². The van der Waals surface area contributed by atoms with Gasteiger partial charge in [-0.25, -0.2) is 4.79 Å². The number of hydrogen-bond acceptors (Lipinski definition) is 6. The molecule has 1 aromatic heterocycles. The van der Waals surface area contributed by atoms with Gasteiger partial charge < -0.3 is 9.52 Å². The van der Waals surface area contributed by atoms with E-state index in [9.17, 15) is 19.6 Å². The Morgan fingerprint density at radius 1 is 1.19 bits per heavy atom. The van der Waals surface area contributed by atoms with Crippen molar-refractivity contribution in [2.75, 3.05) is 0 Å². The van der Waals surface area contributed by atoms with Gasteiger partial charge in [0, 0.05) is 11.6 Å².